The van der Waals surface area contributed by atoms with Crippen molar-refractivity contribution >= 4 is 33.4 Å². The van der Waals surface area contributed by atoms with Gasteiger partial charge in [0.2, 0.25) is 5.91 Å². The van der Waals surface area contributed by atoms with E-state index in [0.717, 1.165) is 27.4 Å². The van der Waals surface area contributed by atoms with Gasteiger partial charge in [0.15, 0.2) is 0 Å². The summed E-state index contributed by atoms with van der Waals surface area (Å²) in [5.41, 5.74) is 1.89. The van der Waals surface area contributed by atoms with Gasteiger partial charge in [-0.15, -0.1) is 11.3 Å². The van der Waals surface area contributed by atoms with Crippen LogP contribution in [0.2, 0.25) is 0 Å². The van der Waals surface area contributed by atoms with Crippen molar-refractivity contribution in [2.24, 2.45) is 5.92 Å². The number of aryl methyl sites for hydroxylation is 1. The molecule has 8 heteroatoms. The normalized spacial score (nSPS) is 14.7. The Labute approximate surface area is 189 Å². The fraction of sp³-hybridized carbons (Fsp3) is 0.292. The number of amides is 2. The molecule has 0 atom stereocenters. The zero-order valence-electron chi connectivity index (χ0n) is 17.8. The van der Waals surface area contributed by atoms with Gasteiger partial charge in [-0.25, -0.2) is 4.68 Å². The summed E-state index contributed by atoms with van der Waals surface area (Å²) in [6.45, 7) is 3.52. The first-order chi connectivity index (χ1) is 15.6. The van der Waals surface area contributed by atoms with Crippen LogP contribution < -0.4 is 5.32 Å². The maximum absolute atomic E-state index is 13.2. The number of carbonyl (C=O) groups is 2. The van der Waals surface area contributed by atoms with Gasteiger partial charge in [0.05, 0.1) is 29.1 Å². The fourth-order valence-electron chi connectivity index (χ4n) is 4.13. The van der Waals surface area contributed by atoms with E-state index in [9.17, 15) is 9.59 Å². The summed E-state index contributed by atoms with van der Waals surface area (Å²) >= 11 is 1.47. The lowest BCUT2D eigenvalue weighted by Gasteiger charge is -2.31. The first-order valence-corrected chi connectivity index (χ1v) is 11.6. The SMILES string of the molecule is Cc1nn(-c2ccccc2)c2sc(C(=O)N3CCC(C(=O)NCc4ccco4)CC3)cc12. The molecule has 2 amide bonds. The third-order valence-corrected chi connectivity index (χ3v) is 7.02. The van der Waals surface area contributed by atoms with Crippen LogP contribution in [0.5, 0.6) is 0 Å². The number of hydrogen-bond acceptors (Lipinski definition) is 5. The first-order valence-electron chi connectivity index (χ1n) is 10.7. The van der Waals surface area contributed by atoms with Gasteiger partial charge in [0, 0.05) is 24.4 Å². The van der Waals surface area contributed by atoms with Crippen molar-refractivity contribution in [2.45, 2.75) is 26.3 Å². The summed E-state index contributed by atoms with van der Waals surface area (Å²) in [6.07, 6.45) is 2.92. The van der Waals surface area contributed by atoms with Gasteiger partial charge >= 0.3 is 0 Å². The standard InChI is InChI=1S/C24H24N4O3S/c1-16-20-14-21(32-24(20)28(26-16)18-6-3-2-4-7-18)23(30)27-11-9-17(10-12-27)22(29)25-15-19-8-5-13-31-19/h2-8,13-14,17H,9-12,15H2,1H3,(H,25,29). The molecule has 0 unspecified atom stereocenters. The van der Waals surface area contributed by atoms with E-state index in [1.807, 2.05) is 59.0 Å². The monoisotopic (exact) mass is 448 g/mol. The zero-order valence-corrected chi connectivity index (χ0v) is 18.6. The predicted octanol–water partition coefficient (Wildman–Crippen LogP) is 4.16. The molecular weight excluding hydrogens is 424 g/mol. The van der Waals surface area contributed by atoms with E-state index in [1.54, 1.807) is 12.3 Å². The van der Waals surface area contributed by atoms with Crippen molar-refractivity contribution < 1.29 is 14.0 Å². The van der Waals surface area contributed by atoms with E-state index in [1.165, 1.54) is 11.3 Å². The van der Waals surface area contributed by atoms with Crippen LogP contribution in [0.25, 0.3) is 15.9 Å². The number of likely N-dealkylation sites (tertiary alicyclic amines) is 1. The minimum Gasteiger partial charge on any atom is -0.467 e. The Kier molecular flexibility index (Phi) is 5.53. The van der Waals surface area contributed by atoms with Gasteiger partial charge in [0.25, 0.3) is 5.91 Å². The Morgan fingerprint density at radius 2 is 1.94 bits per heavy atom. The van der Waals surface area contributed by atoms with Crippen LogP contribution in [0.3, 0.4) is 0 Å². The molecule has 4 heterocycles. The molecule has 4 aromatic rings. The predicted molar refractivity (Wildman–Crippen MR) is 123 cm³/mol. The quantitative estimate of drug-likeness (QED) is 0.497. The summed E-state index contributed by atoms with van der Waals surface area (Å²) in [4.78, 5) is 29.2. The average Bonchev–Trinajstić information content (AvgIpc) is 3.56. The number of thiophene rings is 1. The number of para-hydroxylation sites is 1. The summed E-state index contributed by atoms with van der Waals surface area (Å²) in [7, 11) is 0. The molecule has 3 aromatic heterocycles. The van der Waals surface area contributed by atoms with Gasteiger partial charge in [-0.3, -0.25) is 9.59 Å². The van der Waals surface area contributed by atoms with Crippen molar-refractivity contribution in [2.75, 3.05) is 13.1 Å². The fourth-order valence-corrected chi connectivity index (χ4v) is 5.28. The molecule has 32 heavy (non-hydrogen) atoms. The Morgan fingerprint density at radius 3 is 2.66 bits per heavy atom. The molecule has 7 nitrogen and oxygen atoms in total. The van der Waals surface area contributed by atoms with Crippen molar-refractivity contribution in [1.29, 1.82) is 0 Å². The van der Waals surface area contributed by atoms with Crippen LogP contribution in [0, 0.1) is 12.8 Å². The van der Waals surface area contributed by atoms with Gasteiger partial charge in [-0.2, -0.15) is 5.10 Å². The lowest BCUT2D eigenvalue weighted by atomic mass is 9.95. The molecule has 0 saturated carbocycles. The molecule has 1 aromatic carbocycles. The third kappa shape index (κ3) is 3.93. The molecule has 0 bridgehead atoms. The third-order valence-electron chi connectivity index (χ3n) is 5.93. The van der Waals surface area contributed by atoms with Gasteiger partial charge in [-0.1, -0.05) is 18.2 Å². The summed E-state index contributed by atoms with van der Waals surface area (Å²) in [5, 5.41) is 8.59. The van der Waals surface area contributed by atoms with E-state index in [-0.39, 0.29) is 17.7 Å². The van der Waals surface area contributed by atoms with Crippen molar-refractivity contribution in [3.8, 4) is 5.69 Å². The highest BCUT2D eigenvalue weighted by Gasteiger charge is 2.29. The largest absolute Gasteiger partial charge is 0.467 e. The zero-order chi connectivity index (χ0) is 22.1. The van der Waals surface area contributed by atoms with E-state index in [2.05, 4.69) is 10.4 Å². The number of rotatable bonds is 5. The molecule has 1 N–H and O–H groups in total. The van der Waals surface area contributed by atoms with Gasteiger partial charge in [0.1, 0.15) is 10.6 Å². The molecule has 1 saturated heterocycles. The topological polar surface area (TPSA) is 80.4 Å². The number of nitrogens with zero attached hydrogens (tertiary/aromatic N) is 3. The molecule has 164 valence electrons. The number of piperidine rings is 1. The second-order valence-corrected chi connectivity index (χ2v) is 9.06. The number of carbonyl (C=O) groups excluding carboxylic acids is 2. The van der Waals surface area contributed by atoms with Crippen LogP contribution in [0.4, 0.5) is 0 Å². The smallest absolute Gasteiger partial charge is 0.264 e. The Morgan fingerprint density at radius 1 is 1.16 bits per heavy atom. The summed E-state index contributed by atoms with van der Waals surface area (Å²) in [6, 6.07) is 15.5. The number of furan rings is 1. The second-order valence-electron chi connectivity index (χ2n) is 8.03. The second kappa shape index (κ2) is 8.63. The number of benzene rings is 1. The Balaban J connectivity index is 1.25. The highest BCUT2D eigenvalue weighted by molar-refractivity contribution is 7.20. The molecule has 0 aliphatic carbocycles. The van der Waals surface area contributed by atoms with Crippen LogP contribution in [-0.4, -0.2) is 39.6 Å². The Bertz CT molecular complexity index is 1240. The summed E-state index contributed by atoms with van der Waals surface area (Å²) in [5.74, 6) is 0.707. The highest BCUT2D eigenvalue weighted by Crippen LogP contribution is 2.32. The number of aromatic nitrogens is 2. The maximum Gasteiger partial charge on any atom is 0.264 e. The van der Waals surface area contributed by atoms with Crippen molar-refractivity contribution in [3.63, 3.8) is 0 Å². The average molecular weight is 449 g/mol. The molecule has 1 fully saturated rings. The number of nitrogens with one attached hydrogen (secondary N) is 1. The van der Waals surface area contributed by atoms with Crippen molar-refractivity contribution in [1.82, 2.24) is 20.0 Å². The first kappa shape index (κ1) is 20.5. The molecule has 0 radical (unpaired) electrons. The van der Waals surface area contributed by atoms with E-state index < -0.39 is 0 Å². The lowest BCUT2D eigenvalue weighted by molar-refractivity contribution is -0.126. The highest BCUT2D eigenvalue weighted by atomic mass is 32.1. The molecule has 5 rings (SSSR count). The van der Waals surface area contributed by atoms with Crippen LogP contribution in [0.15, 0.2) is 59.2 Å². The van der Waals surface area contributed by atoms with Crippen LogP contribution in [0.1, 0.15) is 34.0 Å². The van der Waals surface area contributed by atoms with Gasteiger partial charge in [-0.05, 0) is 50.1 Å². The lowest BCUT2D eigenvalue weighted by Crippen LogP contribution is -2.42. The Hall–Kier alpha value is -3.39. The summed E-state index contributed by atoms with van der Waals surface area (Å²) < 4.78 is 7.16. The maximum atomic E-state index is 13.2. The number of hydrogen-bond donors (Lipinski definition) is 1. The molecule has 0 spiro atoms. The molecular formula is C24H24N4O3S. The number of fused-ring (bicyclic) bond motifs is 1. The van der Waals surface area contributed by atoms with Crippen LogP contribution in [-0.2, 0) is 11.3 Å². The van der Waals surface area contributed by atoms with E-state index >= 15 is 0 Å². The molecule has 1 aliphatic heterocycles. The van der Waals surface area contributed by atoms with E-state index in [0.29, 0.717) is 37.4 Å². The van der Waals surface area contributed by atoms with Gasteiger partial charge < -0.3 is 14.6 Å². The minimum atomic E-state index is -0.0784. The molecule has 1 aliphatic rings. The van der Waals surface area contributed by atoms with Crippen molar-refractivity contribution in [3.05, 3.63) is 71.1 Å². The van der Waals surface area contributed by atoms with E-state index in [4.69, 9.17) is 4.42 Å². The minimum absolute atomic E-state index is 0.0222. The van der Waals surface area contributed by atoms with Crippen LogP contribution >= 0.6 is 11.3 Å².